The predicted octanol–water partition coefficient (Wildman–Crippen LogP) is 3.49. The van der Waals surface area contributed by atoms with Crippen LogP contribution in [0.3, 0.4) is 0 Å². The second-order valence-electron chi connectivity index (χ2n) is 8.93. The summed E-state index contributed by atoms with van der Waals surface area (Å²) in [6.45, 7) is 5.91. The quantitative estimate of drug-likeness (QED) is 0.389. The molecule has 182 valence electrons. The third-order valence-corrected chi connectivity index (χ3v) is 6.73. The van der Waals surface area contributed by atoms with Gasteiger partial charge in [-0.2, -0.15) is 5.10 Å². The number of aryl methyl sites for hydroxylation is 2. The number of fused-ring (bicyclic) bond motifs is 1. The third kappa shape index (κ3) is 4.12. The van der Waals surface area contributed by atoms with E-state index in [9.17, 15) is 0 Å². The molecule has 0 aromatic carbocycles. The van der Waals surface area contributed by atoms with Crippen molar-refractivity contribution in [3.8, 4) is 5.82 Å². The average molecular weight is 482 g/mol. The van der Waals surface area contributed by atoms with E-state index in [2.05, 4.69) is 51.6 Å². The number of nitrogens with zero attached hydrogens (tertiary/aromatic N) is 10. The van der Waals surface area contributed by atoms with E-state index >= 15 is 0 Å². The van der Waals surface area contributed by atoms with Gasteiger partial charge in [0, 0.05) is 55.7 Å². The van der Waals surface area contributed by atoms with Gasteiger partial charge >= 0.3 is 0 Å². The minimum Gasteiger partial charge on any atom is -0.341 e. The van der Waals surface area contributed by atoms with Crippen LogP contribution in [0.5, 0.6) is 0 Å². The molecule has 1 aliphatic heterocycles. The Morgan fingerprint density at radius 1 is 1.03 bits per heavy atom. The zero-order chi connectivity index (χ0) is 24.5. The molecule has 1 aliphatic rings. The molecule has 6 heterocycles. The fourth-order valence-corrected chi connectivity index (χ4v) is 4.66. The summed E-state index contributed by atoms with van der Waals surface area (Å²) >= 11 is 0. The van der Waals surface area contributed by atoms with Gasteiger partial charge in [-0.25, -0.2) is 34.6 Å². The van der Waals surface area contributed by atoms with Crippen LogP contribution in [0.1, 0.15) is 42.6 Å². The second-order valence-corrected chi connectivity index (χ2v) is 8.93. The molecule has 1 saturated heterocycles. The highest BCUT2D eigenvalue weighted by molar-refractivity contribution is 5.71. The Morgan fingerprint density at radius 2 is 1.86 bits per heavy atom. The monoisotopic (exact) mass is 481 g/mol. The lowest BCUT2D eigenvalue weighted by atomic mass is 9.94. The Bertz CT molecular complexity index is 1470. The zero-order valence-electron chi connectivity index (χ0n) is 20.3. The topological polar surface area (TPSA) is 115 Å². The lowest BCUT2D eigenvalue weighted by molar-refractivity contribution is 0.488. The molecular formula is C25H27N11. The summed E-state index contributed by atoms with van der Waals surface area (Å²) in [5.74, 6) is 2.64. The van der Waals surface area contributed by atoms with Gasteiger partial charge in [-0.3, -0.25) is 4.40 Å². The van der Waals surface area contributed by atoms with E-state index in [0.29, 0.717) is 17.6 Å². The molecule has 5 aromatic rings. The van der Waals surface area contributed by atoms with Gasteiger partial charge in [0.15, 0.2) is 17.3 Å². The van der Waals surface area contributed by atoms with E-state index in [4.69, 9.17) is 4.98 Å². The van der Waals surface area contributed by atoms with E-state index in [1.165, 1.54) is 12.0 Å². The maximum absolute atomic E-state index is 4.73. The van der Waals surface area contributed by atoms with Crippen molar-refractivity contribution in [2.24, 2.45) is 0 Å². The fourth-order valence-electron chi connectivity index (χ4n) is 4.66. The van der Waals surface area contributed by atoms with Gasteiger partial charge in [0.25, 0.3) is 0 Å². The standard InChI is InChI=1S/C25H27N11/c1-3-18-12-29-25(30-13-18)34-9-6-19(7-10-34)21-14-28-24-23(27-8-11-35(21)24)33-20-4-5-22(32-17(20)2)36-16-26-15-31-36/h4-5,8,11-16,19H,3,6-7,9-10H2,1-2H3,(H,27,33). The van der Waals surface area contributed by atoms with Crippen LogP contribution in [0.25, 0.3) is 11.5 Å². The van der Waals surface area contributed by atoms with Gasteiger partial charge in [-0.15, -0.1) is 0 Å². The van der Waals surface area contributed by atoms with Crippen LogP contribution in [0.2, 0.25) is 0 Å². The molecule has 5 aromatic heterocycles. The smallest absolute Gasteiger partial charge is 0.225 e. The highest BCUT2D eigenvalue weighted by atomic mass is 15.3. The first-order valence-electron chi connectivity index (χ1n) is 12.2. The first kappa shape index (κ1) is 22.1. The van der Waals surface area contributed by atoms with E-state index in [1.54, 1.807) is 11.0 Å². The van der Waals surface area contributed by atoms with Crippen LogP contribution >= 0.6 is 0 Å². The Hall–Kier alpha value is -4.41. The lowest BCUT2D eigenvalue weighted by Gasteiger charge is -2.31. The molecule has 0 unspecified atom stereocenters. The van der Waals surface area contributed by atoms with Crippen molar-refractivity contribution in [3.63, 3.8) is 0 Å². The van der Waals surface area contributed by atoms with Gasteiger partial charge in [0.1, 0.15) is 12.7 Å². The fraction of sp³-hybridized carbons (Fsp3) is 0.320. The predicted molar refractivity (Wildman–Crippen MR) is 136 cm³/mol. The molecule has 0 atom stereocenters. The number of pyridine rings is 1. The summed E-state index contributed by atoms with van der Waals surface area (Å²) in [7, 11) is 0. The minimum atomic E-state index is 0.409. The van der Waals surface area contributed by atoms with E-state index in [1.807, 2.05) is 50.0 Å². The van der Waals surface area contributed by atoms with E-state index in [0.717, 1.165) is 60.9 Å². The highest BCUT2D eigenvalue weighted by Gasteiger charge is 2.25. The summed E-state index contributed by atoms with van der Waals surface area (Å²) in [6.07, 6.45) is 15.7. The minimum absolute atomic E-state index is 0.409. The van der Waals surface area contributed by atoms with Gasteiger partial charge in [0.05, 0.1) is 11.4 Å². The number of anilines is 3. The summed E-state index contributed by atoms with van der Waals surface area (Å²) in [5.41, 5.74) is 4.86. The van der Waals surface area contributed by atoms with E-state index in [-0.39, 0.29) is 0 Å². The van der Waals surface area contributed by atoms with Crippen molar-refractivity contribution in [1.82, 2.24) is 44.1 Å². The number of aromatic nitrogens is 9. The molecule has 0 amide bonds. The third-order valence-electron chi connectivity index (χ3n) is 6.73. The molecule has 0 radical (unpaired) electrons. The molecule has 11 nitrogen and oxygen atoms in total. The molecule has 0 spiro atoms. The largest absolute Gasteiger partial charge is 0.341 e. The number of nitrogens with one attached hydrogen (secondary N) is 1. The SMILES string of the molecule is CCc1cnc(N2CCC(c3cnc4c(Nc5ccc(-n6cncn6)nc5C)nccn34)CC2)nc1. The Labute approximate surface area is 208 Å². The first-order chi connectivity index (χ1) is 17.7. The van der Waals surface area contributed by atoms with Crippen molar-refractivity contribution in [1.29, 1.82) is 0 Å². The van der Waals surface area contributed by atoms with Crippen molar-refractivity contribution in [2.45, 2.75) is 39.0 Å². The van der Waals surface area contributed by atoms with Crippen LogP contribution in [0.4, 0.5) is 17.5 Å². The van der Waals surface area contributed by atoms with Crippen molar-refractivity contribution in [3.05, 3.63) is 72.7 Å². The number of rotatable bonds is 6. The average Bonchev–Trinajstić information content (AvgIpc) is 3.61. The number of piperidine rings is 1. The Balaban J connectivity index is 1.19. The molecule has 0 aliphatic carbocycles. The van der Waals surface area contributed by atoms with Gasteiger partial charge in [-0.05, 0) is 43.9 Å². The van der Waals surface area contributed by atoms with Gasteiger partial charge in [0.2, 0.25) is 5.95 Å². The zero-order valence-corrected chi connectivity index (χ0v) is 20.3. The number of imidazole rings is 1. The summed E-state index contributed by atoms with van der Waals surface area (Å²) < 4.78 is 3.78. The lowest BCUT2D eigenvalue weighted by Crippen LogP contribution is -2.34. The highest BCUT2D eigenvalue weighted by Crippen LogP contribution is 2.31. The number of hydrogen-bond acceptors (Lipinski definition) is 9. The summed E-state index contributed by atoms with van der Waals surface area (Å²) in [4.78, 5) is 29.3. The molecular weight excluding hydrogens is 454 g/mol. The maximum Gasteiger partial charge on any atom is 0.225 e. The van der Waals surface area contributed by atoms with Crippen LogP contribution in [0.15, 0.2) is 55.8 Å². The molecule has 0 saturated carbocycles. The van der Waals surface area contributed by atoms with Crippen LogP contribution < -0.4 is 10.2 Å². The van der Waals surface area contributed by atoms with Crippen LogP contribution in [-0.2, 0) is 6.42 Å². The maximum atomic E-state index is 4.73. The Kier molecular flexibility index (Phi) is 5.72. The molecule has 1 fully saturated rings. The Morgan fingerprint density at radius 3 is 2.58 bits per heavy atom. The van der Waals surface area contributed by atoms with Gasteiger partial charge < -0.3 is 10.2 Å². The van der Waals surface area contributed by atoms with Crippen molar-refractivity contribution >= 4 is 23.1 Å². The second kappa shape index (κ2) is 9.33. The normalized spacial score (nSPS) is 14.4. The first-order valence-corrected chi connectivity index (χ1v) is 12.2. The molecule has 36 heavy (non-hydrogen) atoms. The van der Waals surface area contributed by atoms with Crippen LogP contribution in [0, 0.1) is 6.92 Å². The molecule has 1 N–H and O–H groups in total. The van der Waals surface area contributed by atoms with Gasteiger partial charge in [-0.1, -0.05) is 6.92 Å². The van der Waals surface area contributed by atoms with Crippen LogP contribution in [-0.4, -0.2) is 57.2 Å². The van der Waals surface area contributed by atoms with Crippen molar-refractivity contribution < 1.29 is 0 Å². The van der Waals surface area contributed by atoms with Crippen molar-refractivity contribution in [2.75, 3.05) is 23.3 Å². The molecule has 11 heteroatoms. The summed E-state index contributed by atoms with van der Waals surface area (Å²) in [5, 5.41) is 7.56. The molecule has 6 rings (SSSR count). The summed E-state index contributed by atoms with van der Waals surface area (Å²) in [6, 6.07) is 3.87. The van der Waals surface area contributed by atoms with E-state index < -0.39 is 0 Å². The number of hydrogen-bond donors (Lipinski definition) is 1. The molecule has 0 bridgehead atoms.